The van der Waals surface area contributed by atoms with E-state index in [1.54, 1.807) is 23.1 Å². The highest BCUT2D eigenvalue weighted by Crippen LogP contribution is 2.31. The van der Waals surface area contributed by atoms with Gasteiger partial charge in [0.2, 0.25) is 0 Å². The zero-order valence-electron chi connectivity index (χ0n) is 26.9. The molecule has 0 aromatic heterocycles. The molecule has 0 unspecified atom stereocenters. The van der Waals surface area contributed by atoms with E-state index in [0.29, 0.717) is 29.8 Å². The number of hydrogen-bond acceptors (Lipinski definition) is 4. The minimum Gasteiger partial charge on any atom is -0.390 e. The van der Waals surface area contributed by atoms with Crippen LogP contribution in [0.25, 0.3) is 0 Å². The Morgan fingerprint density at radius 3 is 2.07 bits per heavy atom. The molecule has 0 saturated carbocycles. The number of aryl methyl sites for hydroxylation is 1. The van der Waals surface area contributed by atoms with E-state index < -0.39 is 35.2 Å². The topological polar surface area (TPSA) is 86.9 Å². The van der Waals surface area contributed by atoms with Gasteiger partial charge in [-0.1, -0.05) is 51.0 Å². The summed E-state index contributed by atoms with van der Waals surface area (Å²) < 4.78 is 27.7. The summed E-state index contributed by atoms with van der Waals surface area (Å²) in [5.41, 5.74) is 8.51. The molecule has 0 heterocycles. The lowest BCUT2D eigenvalue weighted by Crippen LogP contribution is -2.53. The molecule has 8 heteroatoms. The molecule has 3 aromatic carbocycles. The zero-order valence-corrected chi connectivity index (χ0v) is 26.9. The number of hydrogen-bond donors (Lipinski definition) is 2. The number of nitrogens with two attached hydrogens (primary N) is 1. The van der Waals surface area contributed by atoms with Crippen molar-refractivity contribution >= 4 is 11.8 Å². The Bertz CT molecular complexity index is 1510. The molecule has 0 aliphatic carbocycles. The number of carbonyl (C=O) groups excluding carboxylic acids is 2. The number of carbonyl (C=O) groups is 2. The third kappa shape index (κ3) is 9.00. The van der Waals surface area contributed by atoms with E-state index in [1.165, 1.54) is 17.0 Å². The second-order valence-corrected chi connectivity index (χ2v) is 12.0. The van der Waals surface area contributed by atoms with Gasteiger partial charge in [-0.3, -0.25) is 9.59 Å². The Morgan fingerprint density at radius 1 is 0.911 bits per heavy atom. The normalized spacial score (nSPS) is 12.7. The van der Waals surface area contributed by atoms with Gasteiger partial charge in [0.15, 0.2) is 0 Å². The van der Waals surface area contributed by atoms with Crippen LogP contribution in [-0.2, 0) is 18.4 Å². The van der Waals surface area contributed by atoms with Crippen LogP contribution in [0.2, 0.25) is 0 Å². The monoisotopic (exact) mass is 617 g/mol. The second kappa shape index (κ2) is 15.8. The van der Waals surface area contributed by atoms with E-state index in [-0.39, 0.29) is 24.4 Å². The zero-order chi connectivity index (χ0) is 33.3. The molecule has 3 rings (SSSR count). The van der Waals surface area contributed by atoms with E-state index >= 15 is 0 Å². The first-order valence-electron chi connectivity index (χ1n) is 15.5. The predicted octanol–water partition coefficient (Wildman–Crippen LogP) is 6.08. The standard InChI is InChI=1S/C37H45F2N3O3/c1-7-14-41(15-8-2)35(44)28-16-26(10-4)17-29(22-28)36(45)42(37(5,6)30-13-11-12-25(9-3)18-30)24-34(43)33(40)21-27-19-31(38)23-32(39)20-27/h4,11-13,16-20,22-23,33-34,43H,7-9,14-15,21,24,40H2,1-3,5-6H3/t33-,34+/m0/s1. The minimum absolute atomic E-state index is 0.0143. The average Bonchev–Trinajstić information content (AvgIpc) is 3.01. The first-order valence-corrected chi connectivity index (χ1v) is 15.5. The second-order valence-electron chi connectivity index (χ2n) is 12.0. The number of halogens is 2. The van der Waals surface area contributed by atoms with Gasteiger partial charge in [-0.15, -0.1) is 6.42 Å². The average molecular weight is 618 g/mol. The van der Waals surface area contributed by atoms with Crippen LogP contribution >= 0.6 is 0 Å². The molecule has 3 aromatic rings. The van der Waals surface area contributed by atoms with Crippen molar-refractivity contribution in [3.05, 3.63) is 106 Å². The molecule has 2 amide bonds. The van der Waals surface area contributed by atoms with Crippen molar-refractivity contribution in [2.24, 2.45) is 5.73 Å². The van der Waals surface area contributed by atoms with Gasteiger partial charge in [0.1, 0.15) is 11.6 Å². The maximum absolute atomic E-state index is 14.5. The van der Waals surface area contributed by atoms with E-state index in [0.717, 1.165) is 36.5 Å². The molecular weight excluding hydrogens is 572 g/mol. The van der Waals surface area contributed by atoms with Gasteiger partial charge < -0.3 is 20.6 Å². The largest absolute Gasteiger partial charge is 0.390 e. The summed E-state index contributed by atoms with van der Waals surface area (Å²) in [5.74, 6) is 0.425. The fraction of sp³-hybridized carbons (Fsp3) is 0.405. The van der Waals surface area contributed by atoms with Crippen molar-refractivity contribution in [2.45, 2.75) is 78.0 Å². The van der Waals surface area contributed by atoms with Crippen LogP contribution in [0.4, 0.5) is 8.78 Å². The highest BCUT2D eigenvalue weighted by atomic mass is 19.1. The SMILES string of the molecule is C#Cc1cc(C(=O)N(CCC)CCC)cc(C(=O)N(C[C@@H](O)[C@@H](N)Cc2cc(F)cc(F)c2)C(C)(C)c2cccc(CC)c2)c1. The first-order chi connectivity index (χ1) is 21.3. The van der Waals surface area contributed by atoms with Crippen molar-refractivity contribution < 1.29 is 23.5 Å². The van der Waals surface area contributed by atoms with Crippen molar-refractivity contribution in [1.29, 1.82) is 0 Å². The molecule has 6 nitrogen and oxygen atoms in total. The number of amides is 2. The van der Waals surface area contributed by atoms with Crippen LogP contribution in [0.15, 0.2) is 60.7 Å². The smallest absolute Gasteiger partial charge is 0.254 e. The third-order valence-corrected chi connectivity index (χ3v) is 8.09. The van der Waals surface area contributed by atoms with Crippen LogP contribution in [0, 0.1) is 24.0 Å². The summed E-state index contributed by atoms with van der Waals surface area (Å²) in [6, 6.07) is 14.8. The summed E-state index contributed by atoms with van der Waals surface area (Å²) in [7, 11) is 0. The fourth-order valence-electron chi connectivity index (χ4n) is 5.50. The van der Waals surface area contributed by atoms with E-state index in [2.05, 4.69) is 5.92 Å². The maximum Gasteiger partial charge on any atom is 0.254 e. The van der Waals surface area contributed by atoms with E-state index in [1.807, 2.05) is 58.9 Å². The van der Waals surface area contributed by atoms with Gasteiger partial charge >= 0.3 is 0 Å². The molecule has 0 aliphatic rings. The lowest BCUT2D eigenvalue weighted by molar-refractivity contribution is 0.0277. The van der Waals surface area contributed by atoms with Crippen LogP contribution in [0.1, 0.15) is 90.4 Å². The summed E-state index contributed by atoms with van der Waals surface area (Å²) >= 11 is 0. The van der Waals surface area contributed by atoms with Gasteiger partial charge in [-0.2, -0.15) is 0 Å². The van der Waals surface area contributed by atoms with Gasteiger partial charge in [0, 0.05) is 48.4 Å². The molecule has 3 N–H and O–H groups in total. The fourth-order valence-corrected chi connectivity index (χ4v) is 5.50. The highest BCUT2D eigenvalue weighted by molar-refractivity contribution is 6.00. The molecule has 240 valence electrons. The number of rotatable bonds is 14. The summed E-state index contributed by atoms with van der Waals surface area (Å²) in [4.78, 5) is 31.3. The van der Waals surface area contributed by atoms with Gasteiger partial charge in [0.25, 0.3) is 11.8 Å². The van der Waals surface area contributed by atoms with Gasteiger partial charge in [-0.05, 0) is 86.6 Å². The summed E-state index contributed by atoms with van der Waals surface area (Å²) in [5, 5.41) is 11.3. The summed E-state index contributed by atoms with van der Waals surface area (Å²) in [6.45, 7) is 10.7. The van der Waals surface area contributed by atoms with Crippen molar-refractivity contribution in [3.63, 3.8) is 0 Å². The maximum atomic E-state index is 14.5. The molecule has 0 radical (unpaired) electrons. The van der Waals surface area contributed by atoms with Crippen molar-refractivity contribution in [3.8, 4) is 12.3 Å². The van der Waals surface area contributed by atoms with Crippen LogP contribution in [-0.4, -0.2) is 58.5 Å². The van der Waals surface area contributed by atoms with Gasteiger partial charge in [0.05, 0.1) is 11.6 Å². The van der Waals surface area contributed by atoms with Crippen LogP contribution in [0.3, 0.4) is 0 Å². The Kier molecular flexibility index (Phi) is 12.4. The van der Waals surface area contributed by atoms with Crippen molar-refractivity contribution in [2.75, 3.05) is 19.6 Å². The minimum atomic E-state index is -1.25. The quantitative estimate of drug-likeness (QED) is 0.215. The summed E-state index contributed by atoms with van der Waals surface area (Å²) in [6.07, 6.45) is 6.86. The van der Waals surface area contributed by atoms with E-state index in [9.17, 15) is 23.5 Å². The lowest BCUT2D eigenvalue weighted by Gasteiger charge is -2.41. The Hall–Kier alpha value is -4.06. The number of aliphatic hydroxyl groups is 1. The molecule has 2 atom stereocenters. The number of aliphatic hydroxyl groups excluding tert-OH is 1. The Morgan fingerprint density at radius 2 is 1.51 bits per heavy atom. The van der Waals surface area contributed by atoms with Crippen LogP contribution < -0.4 is 5.73 Å². The Balaban J connectivity index is 2.06. The molecule has 0 spiro atoms. The number of benzene rings is 3. The first kappa shape index (κ1) is 35.4. The lowest BCUT2D eigenvalue weighted by atomic mass is 9.88. The molecule has 0 fully saturated rings. The third-order valence-electron chi connectivity index (χ3n) is 8.09. The molecule has 0 aliphatic heterocycles. The number of terminal acetylenes is 1. The van der Waals surface area contributed by atoms with Crippen LogP contribution in [0.5, 0.6) is 0 Å². The van der Waals surface area contributed by atoms with E-state index in [4.69, 9.17) is 12.2 Å². The van der Waals surface area contributed by atoms with Crippen molar-refractivity contribution in [1.82, 2.24) is 9.80 Å². The molecule has 0 saturated heterocycles. The predicted molar refractivity (Wildman–Crippen MR) is 175 cm³/mol. The number of nitrogens with zero attached hydrogens (tertiary/aromatic N) is 2. The molecular formula is C37H45F2N3O3. The molecule has 45 heavy (non-hydrogen) atoms. The molecule has 0 bridgehead atoms. The Labute approximate surface area is 266 Å². The van der Waals surface area contributed by atoms with Gasteiger partial charge in [-0.25, -0.2) is 8.78 Å². The highest BCUT2D eigenvalue weighted by Gasteiger charge is 2.36.